The average molecular weight is 263 g/mol. The SMILES string of the molecule is CCNC(CC1(OC)CCC1)c1cccc(OC)c1. The minimum atomic E-state index is 0.0793. The molecule has 0 spiro atoms. The second-order valence-corrected chi connectivity index (χ2v) is 5.33. The van der Waals surface area contributed by atoms with E-state index in [1.54, 1.807) is 7.11 Å². The average Bonchev–Trinajstić information content (AvgIpc) is 2.41. The van der Waals surface area contributed by atoms with Gasteiger partial charge < -0.3 is 14.8 Å². The van der Waals surface area contributed by atoms with Crippen molar-refractivity contribution < 1.29 is 9.47 Å². The van der Waals surface area contributed by atoms with Crippen molar-refractivity contribution in [3.8, 4) is 5.75 Å². The summed E-state index contributed by atoms with van der Waals surface area (Å²) < 4.78 is 11.1. The molecular weight excluding hydrogens is 238 g/mol. The van der Waals surface area contributed by atoms with E-state index in [4.69, 9.17) is 9.47 Å². The predicted octanol–water partition coefficient (Wildman–Crippen LogP) is 3.31. The maximum absolute atomic E-state index is 5.76. The van der Waals surface area contributed by atoms with Crippen LogP contribution in [0.5, 0.6) is 5.75 Å². The Labute approximate surface area is 116 Å². The molecule has 106 valence electrons. The molecule has 1 aromatic carbocycles. The van der Waals surface area contributed by atoms with Gasteiger partial charge in [0.15, 0.2) is 0 Å². The van der Waals surface area contributed by atoms with Crippen LogP contribution in [0, 0.1) is 0 Å². The van der Waals surface area contributed by atoms with E-state index in [1.807, 2.05) is 13.2 Å². The molecule has 1 aliphatic carbocycles. The smallest absolute Gasteiger partial charge is 0.119 e. The van der Waals surface area contributed by atoms with E-state index in [0.29, 0.717) is 6.04 Å². The van der Waals surface area contributed by atoms with Crippen molar-refractivity contribution in [3.05, 3.63) is 29.8 Å². The van der Waals surface area contributed by atoms with E-state index in [1.165, 1.54) is 24.8 Å². The Balaban J connectivity index is 2.14. The van der Waals surface area contributed by atoms with Crippen LogP contribution in [0.15, 0.2) is 24.3 Å². The fourth-order valence-corrected chi connectivity index (χ4v) is 2.85. The summed E-state index contributed by atoms with van der Waals surface area (Å²) in [5.74, 6) is 0.917. The van der Waals surface area contributed by atoms with Gasteiger partial charge in [0.2, 0.25) is 0 Å². The topological polar surface area (TPSA) is 30.5 Å². The zero-order valence-corrected chi connectivity index (χ0v) is 12.2. The molecule has 3 nitrogen and oxygen atoms in total. The van der Waals surface area contributed by atoms with Crippen LogP contribution in [0.3, 0.4) is 0 Å². The lowest BCUT2D eigenvalue weighted by atomic mass is 9.74. The van der Waals surface area contributed by atoms with E-state index >= 15 is 0 Å². The van der Waals surface area contributed by atoms with E-state index < -0.39 is 0 Å². The summed E-state index contributed by atoms with van der Waals surface area (Å²) in [5.41, 5.74) is 1.36. The van der Waals surface area contributed by atoms with Crippen molar-refractivity contribution in [1.82, 2.24) is 5.32 Å². The third kappa shape index (κ3) is 3.28. The minimum absolute atomic E-state index is 0.0793. The van der Waals surface area contributed by atoms with Gasteiger partial charge in [-0.3, -0.25) is 0 Å². The Morgan fingerprint density at radius 1 is 1.32 bits per heavy atom. The monoisotopic (exact) mass is 263 g/mol. The summed E-state index contributed by atoms with van der Waals surface area (Å²) in [6.07, 6.45) is 4.67. The Morgan fingerprint density at radius 3 is 2.63 bits per heavy atom. The van der Waals surface area contributed by atoms with Crippen molar-refractivity contribution in [2.24, 2.45) is 0 Å². The van der Waals surface area contributed by atoms with Gasteiger partial charge in [-0.1, -0.05) is 19.1 Å². The molecular formula is C16H25NO2. The summed E-state index contributed by atoms with van der Waals surface area (Å²) in [6.45, 7) is 3.11. The quantitative estimate of drug-likeness (QED) is 0.818. The summed E-state index contributed by atoms with van der Waals surface area (Å²) in [5, 5.41) is 3.57. The predicted molar refractivity (Wildman–Crippen MR) is 77.6 cm³/mol. The summed E-state index contributed by atoms with van der Waals surface area (Å²) in [4.78, 5) is 0. The number of nitrogens with one attached hydrogen (secondary N) is 1. The molecule has 0 amide bonds. The number of benzene rings is 1. The summed E-state index contributed by atoms with van der Waals surface area (Å²) >= 11 is 0. The van der Waals surface area contributed by atoms with Gasteiger partial charge in [0.1, 0.15) is 5.75 Å². The van der Waals surface area contributed by atoms with Crippen LogP contribution in [0.2, 0.25) is 0 Å². The molecule has 1 N–H and O–H groups in total. The maximum atomic E-state index is 5.76. The van der Waals surface area contributed by atoms with Gasteiger partial charge in [-0.15, -0.1) is 0 Å². The first-order valence-corrected chi connectivity index (χ1v) is 7.15. The first-order chi connectivity index (χ1) is 9.23. The molecule has 1 atom stereocenters. The summed E-state index contributed by atoms with van der Waals surface area (Å²) in [6, 6.07) is 8.66. The van der Waals surface area contributed by atoms with Gasteiger partial charge in [0, 0.05) is 13.2 Å². The normalized spacial score (nSPS) is 18.7. The third-order valence-electron chi connectivity index (χ3n) is 4.22. The lowest BCUT2D eigenvalue weighted by Gasteiger charge is -2.43. The van der Waals surface area contributed by atoms with E-state index in [-0.39, 0.29) is 5.60 Å². The zero-order chi connectivity index (χ0) is 13.7. The van der Waals surface area contributed by atoms with Gasteiger partial charge >= 0.3 is 0 Å². The molecule has 2 rings (SSSR count). The lowest BCUT2D eigenvalue weighted by Crippen LogP contribution is -2.42. The fraction of sp³-hybridized carbons (Fsp3) is 0.625. The highest BCUT2D eigenvalue weighted by Gasteiger charge is 2.39. The van der Waals surface area contributed by atoms with Crippen LogP contribution in [0.1, 0.15) is 44.2 Å². The molecule has 1 unspecified atom stereocenters. The van der Waals surface area contributed by atoms with Crippen LogP contribution >= 0.6 is 0 Å². The van der Waals surface area contributed by atoms with Crippen LogP contribution in [-0.4, -0.2) is 26.4 Å². The van der Waals surface area contributed by atoms with Crippen molar-refractivity contribution in [2.45, 2.75) is 44.2 Å². The second kappa shape index (κ2) is 6.40. The number of ether oxygens (including phenoxy) is 2. The highest BCUT2D eigenvalue weighted by Crippen LogP contribution is 2.42. The Bertz CT molecular complexity index is 396. The Kier molecular flexibility index (Phi) is 4.83. The van der Waals surface area contributed by atoms with Crippen LogP contribution in [0.25, 0.3) is 0 Å². The van der Waals surface area contributed by atoms with Crippen LogP contribution in [-0.2, 0) is 4.74 Å². The highest BCUT2D eigenvalue weighted by atomic mass is 16.5. The first kappa shape index (κ1) is 14.4. The number of hydrogen-bond acceptors (Lipinski definition) is 3. The molecule has 1 aromatic rings. The van der Waals surface area contributed by atoms with Crippen molar-refractivity contribution in [1.29, 1.82) is 0 Å². The lowest BCUT2D eigenvalue weighted by molar-refractivity contribution is -0.0837. The minimum Gasteiger partial charge on any atom is -0.497 e. The molecule has 1 saturated carbocycles. The van der Waals surface area contributed by atoms with E-state index in [9.17, 15) is 0 Å². The molecule has 0 aliphatic heterocycles. The second-order valence-electron chi connectivity index (χ2n) is 5.33. The molecule has 1 fully saturated rings. The molecule has 1 aliphatic rings. The maximum Gasteiger partial charge on any atom is 0.119 e. The van der Waals surface area contributed by atoms with Crippen molar-refractivity contribution in [3.63, 3.8) is 0 Å². The standard InChI is InChI=1S/C16H25NO2/c1-4-17-15(12-16(19-3)9-6-10-16)13-7-5-8-14(11-13)18-2/h5,7-8,11,15,17H,4,6,9-10,12H2,1-3H3. The molecule has 0 radical (unpaired) electrons. The van der Waals surface area contributed by atoms with Gasteiger partial charge in [0.25, 0.3) is 0 Å². The highest BCUT2D eigenvalue weighted by molar-refractivity contribution is 5.31. The molecule has 0 heterocycles. The Hall–Kier alpha value is -1.06. The van der Waals surface area contributed by atoms with Crippen LogP contribution < -0.4 is 10.1 Å². The summed E-state index contributed by atoms with van der Waals surface area (Å²) in [7, 11) is 3.55. The Morgan fingerprint density at radius 2 is 2.11 bits per heavy atom. The van der Waals surface area contributed by atoms with Gasteiger partial charge in [0.05, 0.1) is 12.7 Å². The number of rotatable bonds is 7. The zero-order valence-electron chi connectivity index (χ0n) is 12.2. The van der Waals surface area contributed by atoms with E-state index in [0.717, 1.165) is 18.7 Å². The number of hydrogen-bond donors (Lipinski definition) is 1. The third-order valence-corrected chi connectivity index (χ3v) is 4.22. The number of methoxy groups -OCH3 is 2. The van der Waals surface area contributed by atoms with E-state index in [2.05, 4.69) is 30.4 Å². The fourth-order valence-electron chi connectivity index (χ4n) is 2.85. The van der Waals surface area contributed by atoms with Gasteiger partial charge in [-0.05, 0) is 49.9 Å². The van der Waals surface area contributed by atoms with Crippen molar-refractivity contribution >= 4 is 0 Å². The molecule has 19 heavy (non-hydrogen) atoms. The molecule has 0 bridgehead atoms. The van der Waals surface area contributed by atoms with Crippen molar-refractivity contribution in [2.75, 3.05) is 20.8 Å². The van der Waals surface area contributed by atoms with Crippen LogP contribution in [0.4, 0.5) is 0 Å². The molecule has 0 saturated heterocycles. The first-order valence-electron chi connectivity index (χ1n) is 7.15. The molecule has 3 heteroatoms. The van der Waals surface area contributed by atoms with Gasteiger partial charge in [-0.2, -0.15) is 0 Å². The van der Waals surface area contributed by atoms with Gasteiger partial charge in [-0.25, -0.2) is 0 Å². The largest absolute Gasteiger partial charge is 0.497 e. The molecule has 0 aromatic heterocycles.